The van der Waals surface area contributed by atoms with E-state index in [2.05, 4.69) is 10.9 Å². The molecule has 0 saturated carbocycles. The van der Waals surface area contributed by atoms with E-state index >= 15 is 0 Å². The van der Waals surface area contributed by atoms with Gasteiger partial charge in [0.05, 0.1) is 4.92 Å². The van der Waals surface area contributed by atoms with Crippen LogP contribution in [0, 0.1) is 10.1 Å². The smallest absolute Gasteiger partial charge is 0.273 e. The number of hydrazine groups is 1. The van der Waals surface area contributed by atoms with Crippen molar-refractivity contribution >= 4 is 17.5 Å². The Hall–Kier alpha value is -3.22. The van der Waals surface area contributed by atoms with Crippen molar-refractivity contribution in [3.05, 3.63) is 75.8 Å². The van der Waals surface area contributed by atoms with Gasteiger partial charge in [-0.3, -0.25) is 30.6 Å². The number of carbonyl (C=O) groups is 2. The molecule has 0 fully saturated rings. The maximum absolute atomic E-state index is 11.9. The van der Waals surface area contributed by atoms with Gasteiger partial charge in [0.15, 0.2) is 0 Å². The Morgan fingerprint density at radius 1 is 0.957 bits per heavy atom. The van der Waals surface area contributed by atoms with Crippen molar-refractivity contribution in [2.24, 2.45) is 0 Å². The fraction of sp³-hybridized carbons (Fsp3) is 0.125. The molecule has 2 amide bonds. The summed E-state index contributed by atoms with van der Waals surface area (Å²) in [6.45, 7) is 0. The maximum Gasteiger partial charge on any atom is 0.282 e. The summed E-state index contributed by atoms with van der Waals surface area (Å²) in [6, 6.07) is 15.0. The molecule has 0 atom stereocenters. The van der Waals surface area contributed by atoms with Crippen LogP contribution in [-0.4, -0.2) is 16.7 Å². The monoisotopic (exact) mass is 313 g/mol. The van der Waals surface area contributed by atoms with Crippen molar-refractivity contribution in [3.8, 4) is 0 Å². The van der Waals surface area contributed by atoms with E-state index in [1.54, 1.807) is 0 Å². The van der Waals surface area contributed by atoms with Crippen LogP contribution in [-0.2, 0) is 11.2 Å². The number of nitro benzene ring substituents is 1. The zero-order valence-electron chi connectivity index (χ0n) is 12.2. The highest BCUT2D eigenvalue weighted by Gasteiger charge is 2.19. The number of nitro groups is 1. The summed E-state index contributed by atoms with van der Waals surface area (Å²) in [4.78, 5) is 33.8. The molecule has 2 rings (SSSR count). The lowest BCUT2D eigenvalue weighted by atomic mass is 10.1. The Morgan fingerprint density at radius 3 is 2.30 bits per heavy atom. The van der Waals surface area contributed by atoms with Gasteiger partial charge in [-0.2, -0.15) is 0 Å². The zero-order valence-corrected chi connectivity index (χ0v) is 12.2. The van der Waals surface area contributed by atoms with Crippen molar-refractivity contribution in [2.75, 3.05) is 0 Å². The van der Waals surface area contributed by atoms with E-state index < -0.39 is 10.8 Å². The topological polar surface area (TPSA) is 101 Å². The largest absolute Gasteiger partial charge is 0.282 e. The van der Waals surface area contributed by atoms with E-state index in [9.17, 15) is 19.7 Å². The lowest BCUT2D eigenvalue weighted by Crippen LogP contribution is -2.41. The number of hydrogen-bond donors (Lipinski definition) is 2. The normalized spacial score (nSPS) is 9.91. The quantitative estimate of drug-likeness (QED) is 0.651. The number of amides is 2. The van der Waals surface area contributed by atoms with Gasteiger partial charge in [0.25, 0.3) is 11.6 Å². The Balaban J connectivity index is 1.87. The molecular formula is C16H15N3O4. The van der Waals surface area contributed by atoms with Crippen LogP contribution in [0.15, 0.2) is 54.6 Å². The van der Waals surface area contributed by atoms with Gasteiger partial charge in [-0.25, -0.2) is 0 Å². The van der Waals surface area contributed by atoms with E-state index in [0.29, 0.717) is 6.42 Å². The van der Waals surface area contributed by atoms with Crippen LogP contribution in [0.2, 0.25) is 0 Å². The molecule has 0 aromatic heterocycles. The van der Waals surface area contributed by atoms with Crippen LogP contribution in [0.25, 0.3) is 0 Å². The molecule has 0 heterocycles. The minimum absolute atomic E-state index is 0.110. The summed E-state index contributed by atoms with van der Waals surface area (Å²) in [5.41, 5.74) is 5.02. The number of nitrogens with one attached hydrogen (secondary N) is 2. The third kappa shape index (κ3) is 4.63. The first-order valence-corrected chi connectivity index (χ1v) is 6.94. The number of carbonyl (C=O) groups excluding carboxylic acids is 2. The first kappa shape index (κ1) is 16.2. The molecule has 0 aliphatic carbocycles. The average molecular weight is 313 g/mol. The molecule has 0 radical (unpaired) electrons. The van der Waals surface area contributed by atoms with Gasteiger partial charge in [-0.15, -0.1) is 0 Å². The van der Waals surface area contributed by atoms with Gasteiger partial charge in [-0.1, -0.05) is 42.5 Å². The van der Waals surface area contributed by atoms with Gasteiger partial charge in [0.1, 0.15) is 5.56 Å². The van der Waals surface area contributed by atoms with E-state index in [1.807, 2.05) is 30.3 Å². The molecule has 7 heteroatoms. The maximum atomic E-state index is 11.9. The lowest BCUT2D eigenvalue weighted by molar-refractivity contribution is -0.385. The van der Waals surface area contributed by atoms with Gasteiger partial charge in [-0.05, 0) is 18.1 Å². The van der Waals surface area contributed by atoms with Crippen molar-refractivity contribution in [1.29, 1.82) is 0 Å². The predicted octanol–water partition coefficient (Wildman–Crippen LogP) is 1.99. The summed E-state index contributed by atoms with van der Waals surface area (Å²) < 4.78 is 0. The van der Waals surface area contributed by atoms with Crippen molar-refractivity contribution in [2.45, 2.75) is 12.8 Å². The van der Waals surface area contributed by atoms with E-state index in [-0.39, 0.29) is 23.6 Å². The molecule has 2 N–H and O–H groups in total. The molecule has 2 aromatic rings. The number of benzene rings is 2. The summed E-state index contributed by atoms with van der Waals surface area (Å²) in [7, 11) is 0. The average Bonchev–Trinajstić information content (AvgIpc) is 2.58. The van der Waals surface area contributed by atoms with Crippen molar-refractivity contribution in [1.82, 2.24) is 10.9 Å². The Morgan fingerprint density at radius 2 is 1.61 bits per heavy atom. The van der Waals surface area contributed by atoms with Crippen LogP contribution in [0.5, 0.6) is 0 Å². The SMILES string of the molecule is O=C(CCc1ccccc1)NNC(=O)c1ccccc1[N+](=O)[O-]. The summed E-state index contributed by atoms with van der Waals surface area (Å²) in [6.07, 6.45) is 0.731. The van der Waals surface area contributed by atoms with Crippen LogP contribution in [0.3, 0.4) is 0 Å². The molecule has 7 nitrogen and oxygen atoms in total. The third-order valence-corrected chi connectivity index (χ3v) is 3.14. The van der Waals surface area contributed by atoms with E-state index in [0.717, 1.165) is 5.56 Å². The van der Waals surface area contributed by atoms with Crippen molar-refractivity contribution < 1.29 is 14.5 Å². The molecule has 0 aliphatic rings. The standard InChI is InChI=1S/C16H15N3O4/c20-15(11-10-12-6-2-1-3-7-12)17-18-16(21)13-8-4-5-9-14(13)19(22)23/h1-9H,10-11H2,(H,17,20)(H,18,21). The molecule has 0 aliphatic heterocycles. The Kier molecular flexibility index (Phi) is 5.40. The summed E-state index contributed by atoms with van der Waals surface area (Å²) >= 11 is 0. The first-order valence-electron chi connectivity index (χ1n) is 6.94. The second kappa shape index (κ2) is 7.69. The molecule has 0 unspecified atom stereocenters. The van der Waals surface area contributed by atoms with Gasteiger partial charge < -0.3 is 0 Å². The fourth-order valence-corrected chi connectivity index (χ4v) is 1.98. The van der Waals surface area contributed by atoms with E-state index in [4.69, 9.17) is 0 Å². The van der Waals surface area contributed by atoms with Crippen molar-refractivity contribution in [3.63, 3.8) is 0 Å². The Labute approximate surface area is 132 Å². The molecule has 0 spiro atoms. The van der Waals surface area contributed by atoms with Crippen LogP contribution >= 0.6 is 0 Å². The highest BCUT2D eigenvalue weighted by Crippen LogP contribution is 2.16. The highest BCUT2D eigenvalue weighted by atomic mass is 16.6. The Bertz CT molecular complexity index is 716. The molecule has 118 valence electrons. The summed E-state index contributed by atoms with van der Waals surface area (Å²) in [5, 5.41) is 10.9. The molecule has 0 bridgehead atoms. The van der Waals surface area contributed by atoms with E-state index in [1.165, 1.54) is 24.3 Å². The molecule has 2 aromatic carbocycles. The van der Waals surface area contributed by atoms with Gasteiger partial charge in [0.2, 0.25) is 5.91 Å². The van der Waals surface area contributed by atoms with Crippen LogP contribution in [0.4, 0.5) is 5.69 Å². The molecular weight excluding hydrogens is 298 g/mol. The summed E-state index contributed by atoms with van der Waals surface area (Å²) in [5.74, 6) is -1.11. The third-order valence-electron chi connectivity index (χ3n) is 3.14. The van der Waals surface area contributed by atoms with Crippen LogP contribution < -0.4 is 10.9 Å². The zero-order chi connectivity index (χ0) is 16.7. The number of nitrogens with zero attached hydrogens (tertiary/aromatic N) is 1. The molecule has 23 heavy (non-hydrogen) atoms. The first-order chi connectivity index (χ1) is 11.1. The number of aryl methyl sites for hydroxylation is 1. The molecule has 0 saturated heterocycles. The second-order valence-corrected chi connectivity index (χ2v) is 4.76. The fourth-order valence-electron chi connectivity index (χ4n) is 1.98. The minimum atomic E-state index is -0.731. The number of rotatable bonds is 5. The van der Waals surface area contributed by atoms with Gasteiger partial charge in [0, 0.05) is 12.5 Å². The lowest BCUT2D eigenvalue weighted by Gasteiger charge is -2.07. The second-order valence-electron chi connectivity index (χ2n) is 4.76. The van der Waals surface area contributed by atoms with Gasteiger partial charge >= 0.3 is 0 Å². The number of hydrogen-bond acceptors (Lipinski definition) is 4. The number of para-hydroxylation sites is 1. The minimum Gasteiger partial charge on any atom is -0.273 e. The predicted molar refractivity (Wildman–Crippen MR) is 83.5 cm³/mol. The van der Waals surface area contributed by atoms with Crippen LogP contribution in [0.1, 0.15) is 22.3 Å². The highest BCUT2D eigenvalue weighted by molar-refractivity contribution is 5.98.